The second kappa shape index (κ2) is 18.4. The molecule has 0 saturated carbocycles. The molecule has 7 heteroatoms. The van der Waals surface area contributed by atoms with Gasteiger partial charge in [-0.05, 0) is 100 Å². The Kier molecular flexibility index (Phi) is 10.7. The average Bonchev–Trinajstić information content (AvgIpc) is 3.52. The van der Waals surface area contributed by atoms with Gasteiger partial charge < -0.3 is 0 Å². The van der Waals surface area contributed by atoms with Crippen molar-refractivity contribution in [2.45, 2.75) is 0 Å². The highest BCUT2D eigenvalue weighted by atomic mass is 15.4. The van der Waals surface area contributed by atoms with Crippen molar-refractivity contribution >= 4 is 71.4 Å². The second-order valence-electron chi connectivity index (χ2n) is 18.6. The molecule has 0 radical (unpaired) electrons. The Morgan fingerprint density at radius 3 is 1.12 bits per heavy atom. The number of benzene rings is 12. The summed E-state index contributed by atoms with van der Waals surface area (Å²) in [7, 11) is 0. The van der Waals surface area contributed by atoms with E-state index in [0.29, 0.717) is 35.2 Å². The molecule has 0 aliphatic rings. The SMILES string of the molecule is c1ccc(-c2nc(-c3ccccc3)nc(N(c3cccc(-c4c5ccccc5c(-c5cccc6c5ccc5cc7ccccc7cc56)c5ccccc45)c3)c3nc(-c4ccccc4)nc(-c4ccccc4)n3)n2)cc1. The van der Waals surface area contributed by atoms with Crippen LogP contribution < -0.4 is 4.90 Å². The molecule has 2 heterocycles. The van der Waals surface area contributed by atoms with Gasteiger partial charge in [0.25, 0.3) is 0 Å². The van der Waals surface area contributed by atoms with Crippen LogP contribution >= 0.6 is 0 Å². The summed E-state index contributed by atoms with van der Waals surface area (Å²) in [5.74, 6) is 2.77. The third-order valence-corrected chi connectivity index (χ3v) is 14.1. The molecule has 0 aliphatic heterocycles. The van der Waals surface area contributed by atoms with Crippen LogP contribution in [0.1, 0.15) is 0 Å². The predicted molar refractivity (Wildman–Crippen MR) is 308 cm³/mol. The lowest BCUT2D eigenvalue weighted by Crippen LogP contribution is -2.19. The van der Waals surface area contributed by atoms with Crippen molar-refractivity contribution in [3.05, 3.63) is 261 Å². The molecular formula is C68H43N7. The first-order valence-corrected chi connectivity index (χ1v) is 25.1. The van der Waals surface area contributed by atoms with Crippen LogP contribution in [0.5, 0.6) is 0 Å². The maximum atomic E-state index is 5.30. The quantitative estimate of drug-likeness (QED) is 0.105. The van der Waals surface area contributed by atoms with Crippen molar-refractivity contribution < 1.29 is 0 Å². The fourth-order valence-corrected chi connectivity index (χ4v) is 10.6. The molecule has 12 aromatic carbocycles. The van der Waals surface area contributed by atoms with Crippen LogP contribution in [-0.4, -0.2) is 29.9 Å². The van der Waals surface area contributed by atoms with E-state index in [9.17, 15) is 0 Å². The van der Waals surface area contributed by atoms with Crippen molar-refractivity contribution in [3.8, 4) is 67.8 Å². The number of aromatic nitrogens is 6. The number of anilines is 3. The van der Waals surface area contributed by atoms with Crippen LogP contribution in [0.25, 0.3) is 122 Å². The highest BCUT2D eigenvalue weighted by Gasteiger charge is 2.26. The van der Waals surface area contributed by atoms with Crippen molar-refractivity contribution in [1.82, 2.24) is 29.9 Å². The molecule has 14 rings (SSSR count). The van der Waals surface area contributed by atoms with Crippen molar-refractivity contribution in [1.29, 1.82) is 0 Å². The largest absolute Gasteiger partial charge is 0.246 e. The van der Waals surface area contributed by atoms with Gasteiger partial charge >= 0.3 is 0 Å². The molecule has 0 spiro atoms. The van der Waals surface area contributed by atoms with Gasteiger partial charge in [0.2, 0.25) is 11.9 Å². The minimum absolute atomic E-state index is 0.352. The van der Waals surface area contributed by atoms with Gasteiger partial charge in [-0.2, -0.15) is 19.9 Å². The molecule has 0 fully saturated rings. The zero-order valence-corrected chi connectivity index (χ0v) is 40.5. The molecule has 0 N–H and O–H groups in total. The van der Waals surface area contributed by atoms with Crippen LogP contribution in [-0.2, 0) is 0 Å². The Balaban J connectivity index is 1.01. The Morgan fingerprint density at radius 1 is 0.227 bits per heavy atom. The first-order valence-electron chi connectivity index (χ1n) is 25.1. The lowest BCUT2D eigenvalue weighted by molar-refractivity contribution is 0.964. The predicted octanol–water partition coefficient (Wildman–Crippen LogP) is 17.3. The summed E-state index contributed by atoms with van der Waals surface area (Å²) < 4.78 is 0. The van der Waals surface area contributed by atoms with E-state index in [1.807, 2.05) is 126 Å². The van der Waals surface area contributed by atoms with E-state index in [0.717, 1.165) is 60.6 Å². The van der Waals surface area contributed by atoms with Crippen LogP contribution in [0.15, 0.2) is 261 Å². The van der Waals surface area contributed by atoms with Crippen LogP contribution in [0.3, 0.4) is 0 Å². The third-order valence-electron chi connectivity index (χ3n) is 14.1. The summed E-state index contributed by atoms with van der Waals surface area (Å²) >= 11 is 0. The summed E-state index contributed by atoms with van der Waals surface area (Å²) in [6, 6.07) is 90.9. The van der Waals surface area contributed by atoms with Gasteiger partial charge in [0.05, 0.1) is 5.69 Å². The van der Waals surface area contributed by atoms with E-state index in [1.54, 1.807) is 0 Å². The first-order chi connectivity index (χ1) is 37.2. The lowest BCUT2D eigenvalue weighted by atomic mass is 9.84. The lowest BCUT2D eigenvalue weighted by Gasteiger charge is -2.24. The number of fused-ring (bicyclic) bond motifs is 6. The summed E-state index contributed by atoms with van der Waals surface area (Å²) in [6.45, 7) is 0. The second-order valence-corrected chi connectivity index (χ2v) is 18.6. The molecule has 0 atom stereocenters. The monoisotopic (exact) mass is 957 g/mol. The molecule has 0 saturated heterocycles. The van der Waals surface area contributed by atoms with Crippen molar-refractivity contribution in [3.63, 3.8) is 0 Å². The van der Waals surface area contributed by atoms with Gasteiger partial charge in [-0.1, -0.05) is 237 Å². The Bertz CT molecular complexity index is 4170. The minimum atomic E-state index is 0.352. The molecule has 0 bridgehead atoms. The maximum absolute atomic E-state index is 5.30. The van der Waals surface area contributed by atoms with Gasteiger partial charge in [0.15, 0.2) is 23.3 Å². The average molecular weight is 958 g/mol. The molecule has 0 aliphatic carbocycles. The molecule has 2 aromatic heterocycles. The number of nitrogens with zero attached hydrogens (tertiary/aromatic N) is 7. The fraction of sp³-hybridized carbons (Fsp3) is 0. The number of rotatable bonds is 9. The van der Waals surface area contributed by atoms with Crippen LogP contribution in [0.2, 0.25) is 0 Å². The van der Waals surface area contributed by atoms with E-state index in [2.05, 4.69) is 140 Å². The summed E-state index contributed by atoms with van der Waals surface area (Å²) in [6.07, 6.45) is 0. The molecule has 0 amide bonds. The van der Waals surface area contributed by atoms with E-state index >= 15 is 0 Å². The summed E-state index contributed by atoms with van der Waals surface area (Å²) in [5.41, 5.74) is 8.67. The van der Waals surface area contributed by atoms with Gasteiger partial charge in [-0.3, -0.25) is 0 Å². The minimum Gasteiger partial charge on any atom is -0.246 e. The number of hydrogen-bond acceptors (Lipinski definition) is 7. The Morgan fingerprint density at radius 2 is 0.627 bits per heavy atom. The molecule has 0 unspecified atom stereocenters. The van der Waals surface area contributed by atoms with Crippen LogP contribution in [0.4, 0.5) is 17.6 Å². The standard InChI is InChI=1S/C68H43N7/c1-5-21-44(22-6-1)63-69-64(45-23-7-2-8-24-45)72-67(71-63)75(68-73-65(46-25-9-3-10-26-46)70-66(74-68)47-27-11-4-12-28-47)52-32-19-31-51(42-52)61-56-33-15-17-35-58(56)62(59-36-18-16-34-57(59)61)55-38-20-37-53-54(55)40-39-50-41-48-29-13-14-30-49(48)43-60(50)53/h1-43H. The van der Waals surface area contributed by atoms with E-state index < -0.39 is 0 Å². The summed E-state index contributed by atoms with van der Waals surface area (Å²) in [4.78, 5) is 33.3. The highest BCUT2D eigenvalue weighted by Crippen LogP contribution is 2.47. The Labute approximate surface area is 432 Å². The van der Waals surface area contributed by atoms with Gasteiger partial charge in [0, 0.05) is 22.3 Å². The normalized spacial score (nSPS) is 11.5. The zero-order valence-electron chi connectivity index (χ0n) is 40.5. The fourth-order valence-electron chi connectivity index (χ4n) is 10.6. The highest BCUT2D eigenvalue weighted by molar-refractivity contribution is 6.25. The van der Waals surface area contributed by atoms with E-state index in [-0.39, 0.29) is 0 Å². The molecule has 350 valence electrons. The summed E-state index contributed by atoms with van der Waals surface area (Å²) in [5, 5.41) is 12.0. The van der Waals surface area contributed by atoms with Crippen molar-refractivity contribution in [2.75, 3.05) is 4.90 Å². The molecule has 75 heavy (non-hydrogen) atoms. The Hall–Kier alpha value is -10.2. The van der Waals surface area contributed by atoms with Crippen LogP contribution in [0, 0.1) is 0 Å². The first kappa shape index (κ1) is 43.5. The van der Waals surface area contributed by atoms with Gasteiger partial charge in [0.1, 0.15) is 0 Å². The molecular weight excluding hydrogens is 915 g/mol. The third kappa shape index (κ3) is 7.87. The van der Waals surface area contributed by atoms with E-state index in [1.165, 1.54) is 43.4 Å². The molecule has 7 nitrogen and oxygen atoms in total. The topological polar surface area (TPSA) is 80.6 Å². The molecule has 14 aromatic rings. The van der Waals surface area contributed by atoms with Gasteiger partial charge in [-0.15, -0.1) is 0 Å². The smallest absolute Gasteiger partial charge is 0.241 e. The van der Waals surface area contributed by atoms with Crippen molar-refractivity contribution in [2.24, 2.45) is 0 Å². The zero-order chi connectivity index (χ0) is 49.7. The van der Waals surface area contributed by atoms with Gasteiger partial charge in [-0.25, -0.2) is 14.9 Å². The maximum Gasteiger partial charge on any atom is 0.241 e. The number of hydrogen-bond donors (Lipinski definition) is 0. The van der Waals surface area contributed by atoms with E-state index in [4.69, 9.17) is 29.9 Å².